The van der Waals surface area contributed by atoms with E-state index < -0.39 is 0 Å². The minimum absolute atomic E-state index is 0.711. The van der Waals surface area contributed by atoms with E-state index in [1.807, 2.05) is 41.8 Å². The van der Waals surface area contributed by atoms with Gasteiger partial charge in [0, 0.05) is 13.1 Å². The van der Waals surface area contributed by atoms with E-state index in [0.29, 0.717) is 5.89 Å². The zero-order valence-electron chi connectivity index (χ0n) is 7.19. The van der Waals surface area contributed by atoms with Crippen LogP contribution in [-0.4, -0.2) is 9.38 Å². The average molecular weight is 172 g/mol. The van der Waals surface area contributed by atoms with E-state index >= 15 is 0 Å². The van der Waals surface area contributed by atoms with Crippen molar-refractivity contribution in [2.75, 3.05) is 0 Å². The summed E-state index contributed by atoms with van der Waals surface area (Å²) in [6.45, 7) is 1.86. The Labute approximate surface area is 74.6 Å². The molecule has 0 aliphatic heterocycles. The molecule has 0 saturated heterocycles. The van der Waals surface area contributed by atoms with Crippen LogP contribution >= 0.6 is 0 Å². The molecule has 64 valence electrons. The number of pyridine rings is 1. The molecule has 3 heterocycles. The van der Waals surface area contributed by atoms with E-state index in [0.717, 1.165) is 16.7 Å². The van der Waals surface area contributed by atoms with Crippen molar-refractivity contribution in [2.45, 2.75) is 6.92 Å². The van der Waals surface area contributed by atoms with Gasteiger partial charge in [0.25, 0.3) is 0 Å². The zero-order chi connectivity index (χ0) is 8.84. The highest BCUT2D eigenvalue weighted by Gasteiger charge is 2.07. The summed E-state index contributed by atoms with van der Waals surface area (Å²) in [4.78, 5) is 4.26. The van der Waals surface area contributed by atoms with Crippen molar-refractivity contribution in [3.63, 3.8) is 0 Å². The van der Waals surface area contributed by atoms with Crippen LogP contribution in [0.25, 0.3) is 16.7 Å². The molecule has 0 N–H and O–H groups in total. The molecule has 13 heavy (non-hydrogen) atoms. The molecule has 0 radical (unpaired) electrons. The Bertz CT molecular complexity index is 577. The van der Waals surface area contributed by atoms with Gasteiger partial charge in [0.05, 0.1) is 5.52 Å². The zero-order valence-corrected chi connectivity index (χ0v) is 7.19. The second-order valence-electron chi connectivity index (χ2n) is 3.06. The maximum atomic E-state index is 5.47. The lowest BCUT2D eigenvalue weighted by Gasteiger charge is -1.91. The standard InChI is InChI=1S/C10H8N2O/c1-7-11-9-6-8-4-2-3-5-12(8)10(9)13-7/h2-6H,1H3. The second kappa shape index (κ2) is 2.13. The predicted octanol–water partition coefficient (Wildman–Crippen LogP) is 2.39. The molecule has 3 aromatic heterocycles. The van der Waals surface area contributed by atoms with Crippen molar-refractivity contribution in [1.29, 1.82) is 0 Å². The fraction of sp³-hybridized carbons (Fsp3) is 0.100. The van der Waals surface area contributed by atoms with Crippen LogP contribution in [0.3, 0.4) is 0 Å². The van der Waals surface area contributed by atoms with Crippen molar-refractivity contribution in [2.24, 2.45) is 0 Å². The van der Waals surface area contributed by atoms with Crippen LogP contribution in [0.15, 0.2) is 34.9 Å². The summed E-state index contributed by atoms with van der Waals surface area (Å²) in [7, 11) is 0. The Morgan fingerprint density at radius 1 is 1.38 bits per heavy atom. The fourth-order valence-electron chi connectivity index (χ4n) is 1.60. The maximum Gasteiger partial charge on any atom is 0.232 e. The monoisotopic (exact) mass is 172 g/mol. The number of hydrogen-bond acceptors (Lipinski definition) is 2. The lowest BCUT2D eigenvalue weighted by atomic mass is 10.4. The van der Waals surface area contributed by atoms with Crippen molar-refractivity contribution >= 4 is 16.7 Å². The highest BCUT2D eigenvalue weighted by molar-refractivity contribution is 5.79. The van der Waals surface area contributed by atoms with E-state index in [1.54, 1.807) is 0 Å². The van der Waals surface area contributed by atoms with Gasteiger partial charge >= 0.3 is 0 Å². The molecule has 0 aliphatic carbocycles. The van der Waals surface area contributed by atoms with Crippen molar-refractivity contribution in [1.82, 2.24) is 9.38 Å². The lowest BCUT2D eigenvalue weighted by molar-refractivity contribution is 0.547. The van der Waals surface area contributed by atoms with Crippen LogP contribution < -0.4 is 0 Å². The predicted molar refractivity (Wildman–Crippen MR) is 49.7 cm³/mol. The van der Waals surface area contributed by atoms with Gasteiger partial charge in [-0.15, -0.1) is 0 Å². The van der Waals surface area contributed by atoms with E-state index in [-0.39, 0.29) is 0 Å². The first-order valence-corrected chi connectivity index (χ1v) is 4.18. The Morgan fingerprint density at radius 2 is 2.31 bits per heavy atom. The van der Waals surface area contributed by atoms with Gasteiger partial charge in [-0.25, -0.2) is 4.98 Å². The molecule has 3 aromatic rings. The van der Waals surface area contributed by atoms with Gasteiger partial charge in [-0.3, -0.25) is 4.40 Å². The largest absolute Gasteiger partial charge is 0.424 e. The van der Waals surface area contributed by atoms with Gasteiger partial charge in [0.15, 0.2) is 5.89 Å². The topological polar surface area (TPSA) is 30.4 Å². The van der Waals surface area contributed by atoms with Crippen molar-refractivity contribution < 1.29 is 4.42 Å². The molecule has 0 fully saturated rings. The molecule has 0 aliphatic rings. The SMILES string of the molecule is Cc1nc2cc3ccccn3c2o1. The first-order chi connectivity index (χ1) is 6.34. The van der Waals surface area contributed by atoms with E-state index in [1.165, 1.54) is 0 Å². The summed E-state index contributed by atoms with van der Waals surface area (Å²) in [5.74, 6) is 0.711. The Kier molecular flexibility index (Phi) is 1.10. The highest BCUT2D eigenvalue weighted by Crippen LogP contribution is 2.19. The minimum atomic E-state index is 0.711. The van der Waals surface area contributed by atoms with Gasteiger partial charge in [-0.05, 0) is 18.2 Å². The number of oxazole rings is 1. The molecule has 0 spiro atoms. The minimum Gasteiger partial charge on any atom is -0.424 e. The molecule has 0 atom stereocenters. The van der Waals surface area contributed by atoms with Crippen LogP contribution in [0, 0.1) is 6.92 Å². The van der Waals surface area contributed by atoms with Crippen LogP contribution in [0.1, 0.15) is 5.89 Å². The summed E-state index contributed by atoms with van der Waals surface area (Å²) in [5, 5.41) is 0. The van der Waals surface area contributed by atoms with Crippen molar-refractivity contribution in [3.8, 4) is 0 Å². The normalized spacial score (nSPS) is 11.5. The molecule has 0 unspecified atom stereocenters. The Balaban J connectivity index is 2.60. The first-order valence-electron chi connectivity index (χ1n) is 4.18. The van der Waals surface area contributed by atoms with Crippen LogP contribution in [0.5, 0.6) is 0 Å². The summed E-state index contributed by atoms with van der Waals surface area (Å²) in [5.41, 5.74) is 2.86. The van der Waals surface area contributed by atoms with Gasteiger partial charge in [-0.1, -0.05) is 6.07 Å². The number of aromatic nitrogens is 2. The Morgan fingerprint density at radius 3 is 3.23 bits per heavy atom. The summed E-state index contributed by atoms with van der Waals surface area (Å²) < 4.78 is 7.47. The quantitative estimate of drug-likeness (QED) is 0.521. The maximum absolute atomic E-state index is 5.47. The number of aryl methyl sites for hydroxylation is 1. The highest BCUT2D eigenvalue weighted by atomic mass is 16.4. The summed E-state index contributed by atoms with van der Waals surface area (Å²) in [6, 6.07) is 8.03. The number of hydrogen-bond donors (Lipinski definition) is 0. The number of nitrogens with zero attached hydrogens (tertiary/aromatic N) is 2. The molecule has 3 rings (SSSR count). The van der Waals surface area contributed by atoms with Gasteiger partial charge in [0.2, 0.25) is 5.71 Å². The van der Waals surface area contributed by atoms with Crippen LogP contribution in [-0.2, 0) is 0 Å². The molecular weight excluding hydrogens is 164 g/mol. The summed E-state index contributed by atoms with van der Waals surface area (Å²) in [6.07, 6.45) is 1.97. The van der Waals surface area contributed by atoms with E-state index in [4.69, 9.17) is 4.42 Å². The summed E-state index contributed by atoms with van der Waals surface area (Å²) >= 11 is 0. The second-order valence-corrected chi connectivity index (χ2v) is 3.06. The smallest absolute Gasteiger partial charge is 0.232 e. The number of rotatable bonds is 0. The fourth-order valence-corrected chi connectivity index (χ4v) is 1.60. The van der Waals surface area contributed by atoms with Crippen LogP contribution in [0.2, 0.25) is 0 Å². The first kappa shape index (κ1) is 6.71. The molecular formula is C10H8N2O. The molecule has 3 nitrogen and oxygen atoms in total. The van der Waals surface area contributed by atoms with Crippen LogP contribution in [0.4, 0.5) is 0 Å². The lowest BCUT2D eigenvalue weighted by Crippen LogP contribution is -1.78. The molecule has 0 bridgehead atoms. The third-order valence-corrected chi connectivity index (χ3v) is 2.14. The molecule has 0 aromatic carbocycles. The average Bonchev–Trinajstić information content (AvgIpc) is 2.60. The third kappa shape index (κ3) is 0.811. The van der Waals surface area contributed by atoms with E-state index in [2.05, 4.69) is 4.98 Å². The van der Waals surface area contributed by atoms with Crippen molar-refractivity contribution in [3.05, 3.63) is 36.4 Å². The van der Waals surface area contributed by atoms with Gasteiger partial charge < -0.3 is 4.42 Å². The third-order valence-electron chi connectivity index (χ3n) is 2.14. The van der Waals surface area contributed by atoms with Gasteiger partial charge in [0.1, 0.15) is 5.52 Å². The number of fused-ring (bicyclic) bond motifs is 3. The molecule has 3 heteroatoms. The molecule has 0 saturated carbocycles. The molecule has 0 amide bonds. The van der Waals surface area contributed by atoms with E-state index in [9.17, 15) is 0 Å². The Hall–Kier alpha value is -1.77. The van der Waals surface area contributed by atoms with Gasteiger partial charge in [-0.2, -0.15) is 0 Å².